The normalized spacial score (nSPS) is 10.5. The molecule has 0 radical (unpaired) electrons. The number of carboxylic acids is 1. The topological polar surface area (TPSA) is 105 Å². The monoisotopic (exact) mass is 482 g/mol. The van der Waals surface area contributed by atoms with Crippen LogP contribution in [-0.4, -0.2) is 45.5 Å². The predicted octanol–water partition coefficient (Wildman–Crippen LogP) is 5.01. The number of carbonyl (C=O) groups excluding carboxylic acids is 1. The third-order valence-corrected chi connectivity index (χ3v) is 5.54. The molecule has 4 rings (SSSR count). The number of anilines is 2. The Balaban J connectivity index is 1.47. The van der Waals surface area contributed by atoms with Gasteiger partial charge in [0.15, 0.2) is 0 Å². The Bertz CT molecular complexity index is 1310. The van der Waals surface area contributed by atoms with Gasteiger partial charge in [0.2, 0.25) is 5.95 Å². The van der Waals surface area contributed by atoms with Crippen molar-refractivity contribution in [2.75, 3.05) is 19.0 Å². The summed E-state index contributed by atoms with van der Waals surface area (Å²) in [7, 11) is 1.62. The first-order valence-electron chi connectivity index (χ1n) is 11.4. The lowest BCUT2D eigenvalue weighted by molar-refractivity contribution is -0.137. The minimum absolute atomic E-state index is 0.108. The Morgan fingerprint density at radius 1 is 0.917 bits per heavy atom. The van der Waals surface area contributed by atoms with E-state index in [1.165, 1.54) is 0 Å². The van der Waals surface area contributed by atoms with Gasteiger partial charge in [0.05, 0.1) is 13.5 Å². The van der Waals surface area contributed by atoms with E-state index in [9.17, 15) is 9.59 Å². The maximum absolute atomic E-state index is 13.3. The molecule has 0 saturated heterocycles. The molecule has 0 unspecified atom stereocenters. The molecule has 0 fully saturated rings. The molecule has 1 amide bonds. The molecule has 182 valence electrons. The number of aliphatic carboxylic acids is 1. The van der Waals surface area contributed by atoms with E-state index in [-0.39, 0.29) is 18.9 Å². The fourth-order valence-corrected chi connectivity index (χ4v) is 3.65. The molecule has 3 aromatic carbocycles. The molecule has 0 atom stereocenters. The molecule has 0 aliphatic carbocycles. The van der Waals surface area contributed by atoms with Gasteiger partial charge in [-0.15, -0.1) is 0 Å². The highest BCUT2D eigenvalue weighted by molar-refractivity contribution is 5.95. The molecule has 0 spiro atoms. The van der Waals surface area contributed by atoms with Gasteiger partial charge in [-0.2, -0.15) is 0 Å². The summed E-state index contributed by atoms with van der Waals surface area (Å²) in [6, 6.07) is 24.1. The minimum atomic E-state index is -0.952. The van der Waals surface area contributed by atoms with Crippen LogP contribution in [0.3, 0.4) is 0 Å². The number of carboxylic acid groups (broad SMARTS) is 1. The van der Waals surface area contributed by atoms with Gasteiger partial charge in [-0.3, -0.25) is 9.59 Å². The van der Waals surface area contributed by atoms with Crippen LogP contribution in [0.4, 0.5) is 11.6 Å². The summed E-state index contributed by atoms with van der Waals surface area (Å²) in [6.45, 7) is 0.428. The quantitative estimate of drug-likeness (QED) is 0.327. The number of nitrogens with zero attached hydrogens (tertiary/aromatic N) is 3. The molecular weight excluding hydrogens is 456 g/mol. The molecule has 8 nitrogen and oxygen atoms in total. The van der Waals surface area contributed by atoms with Crippen LogP contribution < -0.4 is 10.1 Å². The first-order valence-corrected chi connectivity index (χ1v) is 11.4. The van der Waals surface area contributed by atoms with Crippen molar-refractivity contribution in [2.45, 2.75) is 13.0 Å². The van der Waals surface area contributed by atoms with Crippen LogP contribution in [0.5, 0.6) is 5.75 Å². The smallest absolute Gasteiger partial charge is 0.305 e. The number of hydrogen-bond donors (Lipinski definition) is 2. The van der Waals surface area contributed by atoms with E-state index < -0.39 is 5.97 Å². The summed E-state index contributed by atoms with van der Waals surface area (Å²) in [5.41, 5.74) is 3.85. The van der Waals surface area contributed by atoms with Crippen molar-refractivity contribution in [3.8, 4) is 16.9 Å². The average Bonchev–Trinajstić information content (AvgIpc) is 2.92. The number of ether oxygens (including phenoxy) is 1. The van der Waals surface area contributed by atoms with Crippen molar-refractivity contribution in [1.82, 2.24) is 14.9 Å². The van der Waals surface area contributed by atoms with Crippen LogP contribution in [0.1, 0.15) is 22.3 Å². The Labute approximate surface area is 209 Å². The molecule has 1 heterocycles. The molecule has 0 aliphatic rings. The van der Waals surface area contributed by atoms with Crippen LogP contribution >= 0.6 is 0 Å². The SMILES string of the molecule is COc1ccc(-c2cnc(Nc3cccc(C(=O)N(CCC(=O)O)Cc4ccccc4)c3)nc2)cc1. The van der Waals surface area contributed by atoms with Crippen molar-refractivity contribution >= 4 is 23.5 Å². The summed E-state index contributed by atoms with van der Waals surface area (Å²) in [5, 5.41) is 12.3. The van der Waals surface area contributed by atoms with E-state index in [4.69, 9.17) is 9.84 Å². The van der Waals surface area contributed by atoms with Crippen molar-refractivity contribution in [3.63, 3.8) is 0 Å². The first kappa shape index (κ1) is 24.4. The lowest BCUT2D eigenvalue weighted by Crippen LogP contribution is -2.32. The second kappa shape index (κ2) is 11.6. The highest BCUT2D eigenvalue weighted by Gasteiger charge is 2.18. The van der Waals surface area contributed by atoms with Crippen LogP contribution in [0.2, 0.25) is 0 Å². The van der Waals surface area contributed by atoms with Crippen molar-refractivity contribution in [1.29, 1.82) is 0 Å². The van der Waals surface area contributed by atoms with Gasteiger partial charge in [-0.1, -0.05) is 48.5 Å². The number of benzene rings is 3. The molecule has 4 aromatic rings. The van der Waals surface area contributed by atoms with E-state index in [2.05, 4.69) is 15.3 Å². The van der Waals surface area contributed by atoms with Gasteiger partial charge >= 0.3 is 5.97 Å². The van der Waals surface area contributed by atoms with Gasteiger partial charge < -0.3 is 20.1 Å². The van der Waals surface area contributed by atoms with Gasteiger partial charge in [0, 0.05) is 42.3 Å². The van der Waals surface area contributed by atoms with Crippen LogP contribution in [0.15, 0.2) is 91.3 Å². The van der Waals surface area contributed by atoms with E-state index in [1.54, 1.807) is 42.6 Å². The number of amides is 1. The molecular formula is C28H26N4O4. The van der Waals surface area contributed by atoms with Gasteiger partial charge in [-0.05, 0) is 41.5 Å². The highest BCUT2D eigenvalue weighted by Crippen LogP contribution is 2.23. The van der Waals surface area contributed by atoms with E-state index in [1.807, 2.05) is 60.7 Å². The van der Waals surface area contributed by atoms with E-state index in [0.717, 1.165) is 22.4 Å². The lowest BCUT2D eigenvalue weighted by Gasteiger charge is -2.22. The van der Waals surface area contributed by atoms with Gasteiger partial charge in [-0.25, -0.2) is 9.97 Å². The predicted molar refractivity (Wildman–Crippen MR) is 137 cm³/mol. The maximum atomic E-state index is 13.3. The molecule has 0 aliphatic heterocycles. The van der Waals surface area contributed by atoms with Crippen LogP contribution in [-0.2, 0) is 11.3 Å². The summed E-state index contributed by atoms with van der Waals surface area (Å²) >= 11 is 0. The van der Waals surface area contributed by atoms with Gasteiger partial charge in [0.1, 0.15) is 5.75 Å². The number of hydrogen-bond acceptors (Lipinski definition) is 6. The lowest BCUT2D eigenvalue weighted by atomic mass is 10.1. The fraction of sp³-hybridized carbons (Fsp3) is 0.143. The number of rotatable bonds is 10. The number of methoxy groups -OCH3 is 1. The molecule has 0 saturated carbocycles. The molecule has 2 N–H and O–H groups in total. The highest BCUT2D eigenvalue weighted by atomic mass is 16.5. The number of nitrogens with one attached hydrogen (secondary N) is 1. The van der Waals surface area contributed by atoms with Crippen molar-refractivity contribution in [2.24, 2.45) is 0 Å². The Kier molecular flexibility index (Phi) is 7.87. The summed E-state index contributed by atoms with van der Waals surface area (Å²) in [4.78, 5) is 34.8. The zero-order chi connectivity index (χ0) is 25.3. The summed E-state index contributed by atoms with van der Waals surface area (Å²) < 4.78 is 5.19. The standard InChI is InChI=1S/C28H26N4O4/c1-36-25-12-10-21(11-13-25)23-17-29-28(30-18-23)31-24-9-5-8-22(16-24)27(35)32(15-14-26(33)34)19-20-6-3-2-4-7-20/h2-13,16-18H,14-15,19H2,1H3,(H,33,34)(H,29,30,31). The molecule has 36 heavy (non-hydrogen) atoms. The zero-order valence-corrected chi connectivity index (χ0v) is 19.8. The second-order valence-electron chi connectivity index (χ2n) is 8.09. The average molecular weight is 483 g/mol. The zero-order valence-electron chi connectivity index (χ0n) is 19.8. The molecule has 0 bridgehead atoms. The van der Waals surface area contributed by atoms with E-state index in [0.29, 0.717) is 23.7 Å². The third-order valence-electron chi connectivity index (χ3n) is 5.54. The van der Waals surface area contributed by atoms with Gasteiger partial charge in [0.25, 0.3) is 5.91 Å². The Hall–Kier alpha value is -4.72. The summed E-state index contributed by atoms with van der Waals surface area (Å²) in [6.07, 6.45) is 3.31. The van der Waals surface area contributed by atoms with Crippen LogP contribution in [0.25, 0.3) is 11.1 Å². The third kappa shape index (κ3) is 6.44. The second-order valence-corrected chi connectivity index (χ2v) is 8.09. The number of aromatic nitrogens is 2. The molecule has 1 aromatic heterocycles. The van der Waals surface area contributed by atoms with Crippen LogP contribution in [0, 0.1) is 0 Å². The molecule has 8 heteroatoms. The summed E-state index contributed by atoms with van der Waals surface area (Å²) in [5.74, 6) is -0.0346. The maximum Gasteiger partial charge on any atom is 0.305 e. The first-order chi connectivity index (χ1) is 17.5. The minimum Gasteiger partial charge on any atom is -0.497 e. The number of carbonyl (C=O) groups is 2. The van der Waals surface area contributed by atoms with E-state index >= 15 is 0 Å². The van der Waals surface area contributed by atoms with Crippen molar-refractivity contribution < 1.29 is 19.4 Å². The Morgan fingerprint density at radius 3 is 2.31 bits per heavy atom. The largest absolute Gasteiger partial charge is 0.497 e. The fourth-order valence-electron chi connectivity index (χ4n) is 3.65. The van der Waals surface area contributed by atoms with Crippen molar-refractivity contribution in [3.05, 3.63) is 102 Å². The Morgan fingerprint density at radius 2 is 1.64 bits per heavy atom.